The monoisotopic (exact) mass is 225 g/mol. The van der Waals surface area contributed by atoms with Crippen LogP contribution in [0.2, 0.25) is 0 Å². The molecule has 16 heavy (non-hydrogen) atoms. The summed E-state index contributed by atoms with van der Waals surface area (Å²) in [6.45, 7) is 5.67. The molecule has 1 aromatic rings. The third-order valence-corrected chi connectivity index (χ3v) is 1.98. The van der Waals surface area contributed by atoms with Crippen LogP contribution in [0.1, 0.15) is 32.8 Å². The molecule has 1 rings (SSSR count). The SMILES string of the molecule is CC(C)(C)OC(=O)n1ccc(CCCO)c1. The number of aryl methyl sites for hydroxylation is 1. The second-order valence-electron chi connectivity index (χ2n) is 4.73. The van der Waals surface area contributed by atoms with Gasteiger partial charge in [0, 0.05) is 19.0 Å². The van der Waals surface area contributed by atoms with Crippen LogP contribution in [0.3, 0.4) is 0 Å². The first-order valence-electron chi connectivity index (χ1n) is 5.43. The third kappa shape index (κ3) is 4.06. The van der Waals surface area contributed by atoms with Crippen LogP contribution in [0.15, 0.2) is 18.5 Å². The number of aliphatic hydroxyl groups excluding tert-OH is 1. The van der Waals surface area contributed by atoms with Gasteiger partial charge in [0.15, 0.2) is 0 Å². The maximum Gasteiger partial charge on any atom is 0.418 e. The second kappa shape index (κ2) is 5.16. The lowest BCUT2D eigenvalue weighted by Crippen LogP contribution is -2.26. The molecule has 4 heteroatoms. The normalized spacial score (nSPS) is 11.5. The van der Waals surface area contributed by atoms with Gasteiger partial charge in [-0.3, -0.25) is 4.57 Å². The number of carbonyl (C=O) groups excluding carboxylic acids is 1. The Labute approximate surface area is 95.8 Å². The lowest BCUT2D eigenvalue weighted by atomic mass is 10.2. The number of hydrogen-bond acceptors (Lipinski definition) is 3. The summed E-state index contributed by atoms with van der Waals surface area (Å²) in [5, 5.41) is 8.70. The van der Waals surface area contributed by atoms with Crippen LogP contribution in [-0.4, -0.2) is 28.0 Å². The third-order valence-electron chi connectivity index (χ3n) is 1.98. The zero-order valence-electron chi connectivity index (χ0n) is 10.1. The van der Waals surface area contributed by atoms with Gasteiger partial charge in [-0.25, -0.2) is 4.79 Å². The van der Waals surface area contributed by atoms with E-state index in [0.29, 0.717) is 6.42 Å². The first-order valence-corrected chi connectivity index (χ1v) is 5.43. The summed E-state index contributed by atoms with van der Waals surface area (Å²) in [5.74, 6) is 0. The number of rotatable bonds is 3. The molecule has 4 nitrogen and oxygen atoms in total. The van der Waals surface area contributed by atoms with E-state index in [1.807, 2.05) is 26.8 Å². The molecule has 0 aliphatic heterocycles. The first-order chi connectivity index (χ1) is 7.42. The van der Waals surface area contributed by atoms with Crippen molar-refractivity contribution in [2.75, 3.05) is 6.61 Å². The highest BCUT2D eigenvalue weighted by atomic mass is 16.6. The van der Waals surface area contributed by atoms with E-state index in [2.05, 4.69) is 0 Å². The number of carbonyl (C=O) groups is 1. The van der Waals surface area contributed by atoms with Crippen LogP contribution in [0.4, 0.5) is 4.79 Å². The van der Waals surface area contributed by atoms with E-state index in [1.165, 1.54) is 4.57 Å². The fourth-order valence-electron chi connectivity index (χ4n) is 1.30. The van der Waals surface area contributed by atoms with Gasteiger partial charge in [0.05, 0.1) is 0 Å². The van der Waals surface area contributed by atoms with Crippen molar-refractivity contribution < 1.29 is 14.6 Å². The van der Waals surface area contributed by atoms with Crippen molar-refractivity contribution in [1.29, 1.82) is 0 Å². The topological polar surface area (TPSA) is 51.5 Å². The van der Waals surface area contributed by atoms with Crippen molar-refractivity contribution in [1.82, 2.24) is 4.57 Å². The van der Waals surface area contributed by atoms with Gasteiger partial charge in [-0.15, -0.1) is 0 Å². The summed E-state index contributed by atoms with van der Waals surface area (Å²) in [6.07, 6.45) is 4.53. The van der Waals surface area contributed by atoms with Crippen molar-refractivity contribution in [2.45, 2.75) is 39.2 Å². The molecule has 0 bridgehead atoms. The average molecular weight is 225 g/mol. The van der Waals surface area contributed by atoms with Gasteiger partial charge in [-0.1, -0.05) is 0 Å². The molecule has 0 aromatic carbocycles. The van der Waals surface area contributed by atoms with Gasteiger partial charge in [0.2, 0.25) is 0 Å². The second-order valence-corrected chi connectivity index (χ2v) is 4.73. The number of ether oxygens (including phenoxy) is 1. The fourth-order valence-corrected chi connectivity index (χ4v) is 1.30. The molecular formula is C12H19NO3. The van der Waals surface area contributed by atoms with Crippen molar-refractivity contribution in [3.8, 4) is 0 Å². The van der Waals surface area contributed by atoms with E-state index in [4.69, 9.17) is 9.84 Å². The number of aromatic nitrogens is 1. The first kappa shape index (κ1) is 12.8. The Hall–Kier alpha value is -1.29. The van der Waals surface area contributed by atoms with Crippen LogP contribution >= 0.6 is 0 Å². The predicted octanol–water partition coefficient (Wildman–Crippen LogP) is 2.20. The predicted molar refractivity (Wildman–Crippen MR) is 61.5 cm³/mol. The summed E-state index contributed by atoms with van der Waals surface area (Å²) in [7, 11) is 0. The summed E-state index contributed by atoms with van der Waals surface area (Å²) in [6, 6.07) is 1.86. The number of nitrogens with zero attached hydrogens (tertiary/aromatic N) is 1. The molecule has 0 fully saturated rings. The molecule has 1 aromatic heterocycles. The molecule has 1 N–H and O–H groups in total. The van der Waals surface area contributed by atoms with Crippen LogP contribution in [0.5, 0.6) is 0 Å². The van der Waals surface area contributed by atoms with Gasteiger partial charge in [0.1, 0.15) is 5.60 Å². The molecule has 1 heterocycles. The van der Waals surface area contributed by atoms with E-state index in [-0.39, 0.29) is 12.7 Å². The van der Waals surface area contributed by atoms with Crippen molar-refractivity contribution in [2.24, 2.45) is 0 Å². The molecule has 0 amide bonds. The van der Waals surface area contributed by atoms with E-state index in [1.54, 1.807) is 12.4 Å². The minimum atomic E-state index is -0.480. The number of aliphatic hydroxyl groups is 1. The fraction of sp³-hybridized carbons (Fsp3) is 0.583. The summed E-state index contributed by atoms with van der Waals surface area (Å²) < 4.78 is 6.64. The van der Waals surface area contributed by atoms with Crippen molar-refractivity contribution in [3.05, 3.63) is 24.0 Å². The molecule has 0 radical (unpaired) electrons. The van der Waals surface area contributed by atoms with Gasteiger partial charge < -0.3 is 9.84 Å². The number of hydrogen-bond donors (Lipinski definition) is 1. The molecule has 0 saturated carbocycles. The average Bonchev–Trinajstić information content (AvgIpc) is 2.60. The Balaban J connectivity index is 2.60. The smallest absolute Gasteiger partial charge is 0.418 e. The van der Waals surface area contributed by atoms with Crippen LogP contribution < -0.4 is 0 Å². The highest BCUT2D eigenvalue weighted by Gasteiger charge is 2.17. The molecule has 90 valence electrons. The largest absolute Gasteiger partial charge is 0.443 e. The van der Waals surface area contributed by atoms with Gasteiger partial charge in [-0.05, 0) is 45.2 Å². The highest BCUT2D eigenvalue weighted by Crippen LogP contribution is 2.11. The zero-order chi connectivity index (χ0) is 12.2. The maximum atomic E-state index is 11.6. The summed E-state index contributed by atoms with van der Waals surface area (Å²) in [5.41, 5.74) is 0.548. The molecular weight excluding hydrogens is 206 g/mol. The van der Waals surface area contributed by atoms with Crippen molar-refractivity contribution >= 4 is 6.09 Å². The lowest BCUT2D eigenvalue weighted by molar-refractivity contribution is 0.0537. The van der Waals surface area contributed by atoms with E-state index in [9.17, 15) is 4.79 Å². The Morgan fingerprint density at radius 3 is 2.75 bits per heavy atom. The van der Waals surface area contributed by atoms with Crippen LogP contribution in [0, 0.1) is 0 Å². The van der Waals surface area contributed by atoms with E-state index < -0.39 is 5.60 Å². The lowest BCUT2D eigenvalue weighted by Gasteiger charge is -2.19. The molecule has 0 spiro atoms. The zero-order valence-corrected chi connectivity index (χ0v) is 10.1. The molecule has 0 aliphatic carbocycles. The molecule has 0 saturated heterocycles. The summed E-state index contributed by atoms with van der Waals surface area (Å²) >= 11 is 0. The van der Waals surface area contributed by atoms with Crippen molar-refractivity contribution in [3.63, 3.8) is 0 Å². The molecule has 0 atom stereocenters. The van der Waals surface area contributed by atoms with Gasteiger partial charge >= 0.3 is 6.09 Å². The van der Waals surface area contributed by atoms with Gasteiger partial charge in [0.25, 0.3) is 0 Å². The standard InChI is InChI=1S/C12H19NO3/c1-12(2,3)16-11(15)13-7-6-10(9-13)5-4-8-14/h6-7,9,14H,4-5,8H2,1-3H3. The van der Waals surface area contributed by atoms with Crippen LogP contribution in [-0.2, 0) is 11.2 Å². The van der Waals surface area contributed by atoms with Crippen LogP contribution in [0.25, 0.3) is 0 Å². The molecule has 0 aliphatic rings. The van der Waals surface area contributed by atoms with Gasteiger partial charge in [-0.2, -0.15) is 0 Å². The minimum absolute atomic E-state index is 0.164. The maximum absolute atomic E-state index is 11.6. The Morgan fingerprint density at radius 1 is 1.50 bits per heavy atom. The van der Waals surface area contributed by atoms with E-state index in [0.717, 1.165) is 12.0 Å². The quantitative estimate of drug-likeness (QED) is 0.858. The molecule has 0 unspecified atom stereocenters. The Morgan fingerprint density at radius 2 is 2.19 bits per heavy atom. The van der Waals surface area contributed by atoms with E-state index >= 15 is 0 Å². The minimum Gasteiger partial charge on any atom is -0.443 e. The highest BCUT2D eigenvalue weighted by molar-refractivity contribution is 5.71. The summed E-state index contributed by atoms with van der Waals surface area (Å²) in [4.78, 5) is 11.6. The Kier molecular flexibility index (Phi) is 4.12. The Bertz CT molecular complexity index is 349.